The zero-order valence-electron chi connectivity index (χ0n) is 12.8. The first kappa shape index (κ1) is 14.5. The third-order valence-corrected chi connectivity index (χ3v) is 4.92. The van der Waals surface area contributed by atoms with Crippen LogP contribution in [0.4, 0.5) is 0 Å². The number of hydrogen-bond acceptors (Lipinski definition) is 0. The minimum Gasteiger partial charge on any atom is -0.331 e. The fourth-order valence-corrected chi connectivity index (χ4v) is 3.30. The highest BCUT2D eigenvalue weighted by Crippen LogP contribution is 2.19. The molecule has 1 aromatic rings. The van der Waals surface area contributed by atoms with Gasteiger partial charge in [0.05, 0.1) is 26.2 Å². The number of nitrogens with one attached hydrogen (secondary N) is 2. The maximum absolute atomic E-state index is 2.39. The number of benzene rings is 1. The molecule has 0 fully saturated rings. The van der Waals surface area contributed by atoms with Crippen LogP contribution in [0.25, 0.3) is 0 Å². The standard InChI is InChI=1S/C17H28N2/c1-4-19(5-2)13-12-18(3)17-11-10-15-8-6-7-9-16(15)14-17/h6-9,17H,4-5,10-14H2,1-3H3/p+2/t17-/m0/s1. The van der Waals surface area contributed by atoms with Gasteiger partial charge in [0.2, 0.25) is 0 Å². The van der Waals surface area contributed by atoms with E-state index in [0.717, 1.165) is 6.04 Å². The fraction of sp³-hybridized carbons (Fsp3) is 0.647. The Kier molecular flexibility index (Phi) is 5.41. The van der Waals surface area contributed by atoms with Crippen LogP contribution in [0.3, 0.4) is 0 Å². The van der Waals surface area contributed by atoms with Gasteiger partial charge in [0.1, 0.15) is 13.1 Å². The van der Waals surface area contributed by atoms with Gasteiger partial charge in [-0.3, -0.25) is 0 Å². The Bertz CT molecular complexity index is 385. The molecule has 0 bridgehead atoms. The molecule has 1 aliphatic carbocycles. The van der Waals surface area contributed by atoms with E-state index >= 15 is 0 Å². The smallest absolute Gasteiger partial charge is 0.127 e. The Labute approximate surface area is 118 Å². The van der Waals surface area contributed by atoms with E-state index < -0.39 is 0 Å². The molecule has 19 heavy (non-hydrogen) atoms. The third kappa shape index (κ3) is 3.80. The summed E-state index contributed by atoms with van der Waals surface area (Å²) in [5.74, 6) is 0. The van der Waals surface area contributed by atoms with Gasteiger partial charge in [-0.25, -0.2) is 0 Å². The van der Waals surface area contributed by atoms with Crippen LogP contribution >= 0.6 is 0 Å². The highest BCUT2D eigenvalue weighted by atomic mass is 15.2. The zero-order chi connectivity index (χ0) is 13.7. The lowest BCUT2D eigenvalue weighted by molar-refractivity contribution is -0.959. The molecule has 2 rings (SSSR count). The molecule has 2 N–H and O–H groups in total. The summed E-state index contributed by atoms with van der Waals surface area (Å²) in [6.07, 6.45) is 3.91. The van der Waals surface area contributed by atoms with Gasteiger partial charge >= 0.3 is 0 Å². The van der Waals surface area contributed by atoms with Gasteiger partial charge in [-0.15, -0.1) is 0 Å². The number of hydrogen-bond donors (Lipinski definition) is 2. The van der Waals surface area contributed by atoms with Gasteiger partial charge in [0, 0.05) is 12.8 Å². The van der Waals surface area contributed by atoms with E-state index in [0.29, 0.717) is 0 Å². The highest BCUT2D eigenvalue weighted by Gasteiger charge is 2.25. The molecule has 1 aliphatic rings. The van der Waals surface area contributed by atoms with Crippen molar-refractivity contribution in [3.05, 3.63) is 35.4 Å². The number of fused-ring (bicyclic) bond motifs is 1. The minimum atomic E-state index is 0.824. The van der Waals surface area contributed by atoms with Gasteiger partial charge in [-0.2, -0.15) is 0 Å². The number of rotatable bonds is 6. The molecule has 106 valence electrons. The molecule has 1 aromatic carbocycles. The highest BCUT2D eigenvalue weighted by molar-refractivity contribution is 5.29. The van der Waals surface area contributed by atoms with Crippen molar-refractivity contribution in [2.24, 2.45) is 0 Å². The number of aryl methyl sites for hydroxylation is 1. The molecule has 0 saturated heterocycles. The molecule has 0 radical (unpaired) electrons. The second kappa shape index (κ2) is 7.06. The molecule has 2 heteroatoms. The van der Waals surface area contributed by atoms with Crippen LogP contribution < -0.4 is 9.80 Å². The van der Waals surface area contributed by atoms with Gasteiger partial charge in [-0.1, -0.05) is 24.3 Å². The molecular weight excluding hydrogens is 232 g/mol. The zero-order valence-corrected chi connectivity index (χ0v) is 12.8. The maximum atomic E-state index is 2.39. The van der Waals surface area contributed by atoms with Gasteiger partial charge in [0.15, 0.2) is 0 Å². The van der Waals surface area contributed by atoms with Crippen molar-refractivity contribution in [3.8, 4) is 0 Å². The van der Waals surface area contributed by atoms with Crippen LogP contribution in [0, 0.1) is 0 Å². The SMILES string of the molecule is CC[NH+](CC)CC[NH+](C)[C@H]1CCc2ccccc2C1. The topological polar surface area (TPSA) is 8.88 Å². The summed E-state index contributed by atoms with van der Waals surface area (Å²) in [6.45, 7) is 9.74. The number of quaternary nitrogens is 2. The van der Waals surface area contributed by atoms with Crippen molar-refractivity contribution in [3.63, 3.8) is 0 Å². The van der Waals surface area contributed by atoms with Crippen molar-refractivity contribution in [2.45, 2.75) is 39.2 Å². The van der Waals surface area contributed by atoms with E-state index in [-0.39, 0.29) is 0 Å². The predicted octanol–water partition coefficient (Wildman–Crippen LogP) is -0.0167. The molecule has 1 unspecified atom stereocenters. The average Bonchev–Trinajstić information content (AvgIpc) is 2.47. The van der Waals surface area contributed by atoms with Crippen LogP contribution in [-0.2, 0) is 12.8 Å². The molecule has 0 aliphatic heterocycles. The first-order chi connectivity index (χ1) is 9.24. The van der Waals surface area contributed by atoms with Gasteiger partial charge in [-0.05, 0) is 31.4 Å². The predicted molar refractivity (Wildman–Crippen MR) is 80.9 cm³/mol. The van der Waals surface area contributed by atoms with E-state index in [1.165, 1.54) is 45.4 Å². The largest absolute Gasteiger partial charge is 0.331 e. The fourth-order valence-electron chi connectivity index (χ4n) is 3.30. The number of likely N-dealkylation sites (N-methyl/N-ethyl adjacent to an activating group) is 2. The summed E-state index contributed by atoms with van der Waals surface area (Å²) in [5.41, 5.74) is 3.18. The van der Waals surface area contributed by atoms with E-state index in [2.05, 4.69) is 45.2 Å². The van der Waals surface area contributed by atoms with E-state index in [4.69, 9.17) is 0 Å². The Morgan fingerprint density at radius 3 is 2.42 bits per heavy atom. The van der Waals surface area contributed by atoms with Crippen LogP contribution in [0.15, 0.2) is 24.3 Å². The second-order valence-electron chi connectivity index (χ2n) is 6.01. The monoisotopic (exact) mass is 262 g/mol. The summed E-state index contributed by atoms with van der Waals surface area (Å²) in [5, 5.41) is 0. The van der Waals surface area contributed by atoms with E-state index in [1.807, 2.05) is 0 Å². The van der Waals surface area contributed by atoms with Gasteiger partial charge in [0.25, 0.3) is 0 Å². The Balaban J connectivity index is 1.86. The third-order valence-electron chi connectivity index (χ3n) is 4.92. The summed E-state index contributed by atoms with van der Waals surface area (Å²) >= 11 is 0. The first-order valence-electron chi connectivity index (χ1n) is 7.97. The molecule has 0 amide bonds. The molecule has 0 heterocycles. The van der Waals surface area contributed by atoms with Crippen molar-refractivity contribution in [1.82, 2.24) is 0 Å². The lowest BCUT2D eigenvalue weighted by Crippen LogP contribution is -3.20. The summed E-state index contributed by atoms with van der Waals surface area (Å²) in [4.78, 5) is 3.46. The van der Waals surface area contributed by atoms with Crippen LogP contribution in [0.2, 0.25) is 0 Å². The van der Waals surface area contributed by atoms with E-state index in [9.17, 15) is 0 Å². The molecule has 0 aromatic heterocycles. The molecule has 0 saturated carbocycles. The lowest BCUT2D eigenvalue weighted by atomic mass is 9.88. The Morgan fingerprint density at radius 1 is 1.05 bits per heavy atom. The molecular formula is C17H30N2+2. The summed E-state index contributed by atoms with van der Waals surface area (Å²) in [6, 6.07) is 9.83. The van der Waals surface area contributed by atoms with Crippen molar-refractivity contribution < 1.29 is 9.80 Å². The Morgan fingerprint density at radius 2 is 1.74 bits per heavy atom. The molecule has 2 nitrogen and oxygen atoms in total. The van der Waals surface area contributed by atoms with Crippen LogP contribution in [0.1, 0.15) is 31.4 Å². The minimum absolute atomic E-state index is 0.824. The van der Waals surface area contributed by atoms with Crippen LogP contribution in [0.5, 0.6) is 0 Å². The first-order valence-corrected chi connectivity index (χ1v) is 7.97. The van der Waals surface area contributed by atoms with Gasteiger partial charge < -0.3 is 9.80 Å². The normalized spacial score (nSPS) is 20.3. The van der Waals surface area contributed by atoms with Crippen molar-refractivity contribution >= 4 is 0 Å². The second-order valence-corrected chi connectivity index (χ2v) is 6.01. The van der Waals surface area contributed by atoms with Crippen LogP contribution in [-0.4, -0.2) is 39.3 Å². The quantitative estimate of drug-likeness (QED) is 0.713. The maximum Gasteiger partial charge on any atom is 0.127 e. The summed E-state index contributed by atoms with van der Waals surface area (Å²) < 4.78 is 0. The van der Waals surface area contributed by atoms with E-state index in [1.54, 1.807) is 20.9 Å². The van der Waals surface area contributed by atoms with Crippen molar-refractivity contribution in [2.75, 3.05) is 33.2 Å². The molecule has 2 atom stereocenters. The summed E-state index contributed by atoms with van der Waals surface area (Å²) in [7, 11) is 2.39. The van der Waals surface area contributed by atoms with Crippen molar-refractivity contribution in [1.29, 1.82) is 0 Å². The average molecular weight is 262 g/mol. The lowest BCUT2D eigenvalue weighted by Gasteiger charge is -2.30. The Hall–Kier alpha value is -0.860. The molecule has 0 spiro atoms.